The summed E-state index contributed by atoms with van der Waals surface area (Å²) in [7, 11) is 0. The molecule has 0 radical (unpaired) electrons. The first kappa shape index (κ1) is 13.9. The van der Waals surface area contributed by atoms with Crippen molar-refractivity contribution in [2.45, 2.75) is 6.54 Å². The predicted octanol–water partition coefficient (Wildman–Crippen LogP) is 2.87. The Hall–Kier alpha value is -1.15. The van der Waals surface area contributed by atoms with Crippen molar-refractivity contribution in [3.05, 3.63) is 32.8 Å². The third kappa shape index (κ3) is 3.97. The number of halogens is 3. The molecule has 4 nitrogen and oxygen atoms in total. The lowest BCUT2D eigenvalue weighted by molar-refractivity contribution is 0.436. The molecule has 0 heterocycles. The molecule has 0 fully saturated rings. The Morgan fingerprint density at radius 2 is 2.06 bits per heavy atom. The predicted molar refractivity (Wildman–Crippen MR) is 69.4 cm³/mol. The Kier molecular flexibility index (Phi) is 4.88. The van der Waals surface area contributed by atoms with Gasteiger partial charge >= 0.3 is 0 Å². The molecule has 0 aliphatic carbocycles. The molecule has 0 amide bonds. The number of benzene rings is 1. The maximum atomic E-state index is 8.88. The van der Waals surface area contributed by atoms with Crippen LogP contribution in [0.4, 0.5) is 0 Å². The number of nitrogens with zero attached hydrogens (tertiary/aromatic N) is 2. The second-order valence-corrected chi connectivity index (χ2v) is 4.56. The quantitative estimate of drug-likeness (QED) is 0.294. The van der Waals surface area contributed by atoms with E-state index in [2.05, 4.69) is 0 Å². The number of nitriles is 1. The lowest BCUT2D eigenvalue weighted by Crippen LogP contribution is -2.29. The number of hydrogen-bond donors (Lipinski definition) is 2. The average molecular weight is 292 g/mol. The van der Waals surface area contributed by atoms with Crippen LogP contribution < -0.4 is 5.73 Å². The van der Waals surface area contributed by atoms with Crippen molar-refractivity contribution in [1.82, 2.24) is 4.90 Å². The Morgan fingerprint density at radius 3 is 2.59 bits per heavy atom. The molecule has 0 spiro atoms. The standard InChI is InChI=1S/C10H9Cl3N4/c11-7-1-6(10(13)8(12)2-7)3-17(5-14)4-9(15)16/h1-2H,3-4H2,(H3,15,16). The van der Waals surface area contributed by atoms with E-state index >= 15 is 0 Å². The van der Waals surface area contributed by atoms with E-state index in [4.69, 9.17) is 51.2 Å². The molecule has 7 heteroatoms. The molecule has 0 saturated carbocycles. The van der Waals surface area contributed by atoms with Crippen LogP contribution in [0.3, 0.4) is 0 Å². The second kappa shape index (κ2) is 5.97. The topological polar surface area (TPSA) is 76.9 Å². The van der Waals surface area contributed by atoms with E-state index < -0.39 is 0 Å². The first-order valence-electron chi connectivity index (χ1n) is 4.55. The van der Waals surface area contributed by atoms with E-state index in [0.717, 1.165) is 0 Å². The lowest BCUT2D eigenvalue weighted by atomic mass is 10.2. The van der Waals surface area contributed by atoms with Gasteiger partial charge in [0.1, 0.15) is 5.84 Å². The molecule has 0 aliphatic heterocycles. The van der Waals surface area contributed by atoms with Gasteiger partial charge in [-0.3, -0.25) is 10.3 Å². The summed E-state index contributed by atoms with van der Waals surface area (Å²) in [6, 6.07) is 3.15. The summed E-state index contributed by atoms with van der Waals surface area (Å²) in [6.07, 6.45) is 1.92. The average Bonchev–Trinajstić information content (AvgIpc) is 2.23. The van der Waals surface area contributed by atoms with Crippen molar-refractivity contribution in [2.24, 2.45) is 5.73 Å². The highest BCUT2D eigenvalue weighted by atomic mass is 35.5. The maximum Gasteiger partial charge on any atom is 0.180 e. The summed E-state index contributed by atoms with van der Waals surface area (Å²) in [5.41, 5.74) is 5.84. The van der Waals surface area contributed by atoms with Crippen molar-refractivity contribution in [3.8, 4) is 6.19 Å². The summed E-state index contributed by atoms with van der Waals surface area (Å²) in [6.45, 7) is 0.242. The van der Waals surface area contributed by atoms with Crippen LogP contribution in [0, 0.1) is 16.9 Å². The van der Waals surface area contributed by atoms with Crippen LogP contribution in [0.2, 0.25) is 15.1 Å². The molecule has 1 rings (SSSR count). The van der Waals surface area contributed by atoms with Gasteiger partial charge in [0.15, 0.2) is 6.19 Å². The smallest absolute Gasteiger partial charge is 0.180 e. The van der Waals surface area contributed by atoms with Gasteiger partial charge in [-0.1, -0.05) is 34.8 Å². The summed E-state index contributed by atoms with van der Waals surface area (Å²) in [4.78, 5) is 1.29. The number of amidine groups is 1. The van der Waals surface area contributed by atoms with Crippen LogP contribution in [0.1, 0.15) is 5.56 Å². The normalized spacial score (nSPS) is 9.76. The molecule has 1 aromatic carbocycles. The van der Waals surface area contributed by atoms with E-state index in [0.29, 0.717) is 20.6 Å². The Balaban J connectivity index is 2.94. The number of nitrogens with two attached hydrogens (primary N) is 1. The molecule has 0 atom stereocenters. The van der Waals surface area contributed by atoms with Crippen molar-refractivity contribution in [2.75, 3.05) is 6.54 Å². The van der Waals surface area contributed by atoms with Gasteiger partial charge in [-0.25, -0.2) is 0 Å². The first-order valence-corrected chi connectivity index (χ1v) is 5.68. The summed E-state index contributed by atoms with van der Waals surface area (Å²) >= 11 is 17.7. The zero-order valence-corrected chi connectivity index (χ0v) is 10.9. The fourth-order valence-corrected chi connectivity index (χ4v) is 1.97. The number of rotatable bonds is 4. The van der Waals surface area contributed by atoms with E-state index in [-0.39, 0.29) is 18.9 Å². The molecular formula is C10H9Cl3N4. The van der Waals surface area contributed by atoms with E-state index in [1.165, 1.54) is 11.0 Å². The lowest BCUT2D eigenvalue weighted by Gasteiger charge is -2.16. The van der Waals surface area contributed by atoms with Gasteiger partial charge in [-0.05, 0) is 17.7 Å². The van der Waals surface area contributed by atoms with Crippen molar-refractivity contribution < 1.29 is 0 Å². The molecular weight excluding hydrogens is 282 g/mol. The van der Waals surface area contributed by atoms with E-state index in [1.54, 1.807) is 6.07 Å². The summed E-state index contributed by atoms with van der Waals surface area (Å²) in [5, 5.41) is 17.1. The fraction of sp³-hybridized carbons (Fsp3) is 0.200. The monoisotopic (exact) mass is 290 g/mol. The first-order chi connectivity index (χ1) is 7.93. The molecule has 1 aromatic rings. The van der Waals surface area contributed by atoms with Crippen molar-refractivity contribution in [3.63, 3.8) is 0 Å². The minimum atomic E-state index is -0.101. The molecule has 3 N–H and O–H groups in total. The van der Waals surface area contributed by atoms with Crippen LogP contribution in [0.5, 0.6) is 0 Å². The van der Waals surface area contributed by atoms with Gasteiger partial charge in [0, 0.05) is 5.02 Å². The van der Waals surface area contributed by atoms with Gasteiger partial charge in [0.05, 0.1) is 23.1 Å². The maximum absolute atomic E-state index is 8.88. The zero-order valence-electron chi connectivity index (χ0n) is 8.67. The zero-order chi connectivity index (χ0) is 13.0. The highest BCUT2D eigenvalue weighted by Crippen LogP contribution is 2.30. The van der Waals surface area contributed by atoms with Gasteiger partial charge in [-0.2, -0.15) is 5.26 Å². The molecule has 90 valence electrons. The molecule has 0 bridgehead atoms. The van der Waals surface area contributed by atoms with Crippen LogP contribution in [0.15, 0.2) is 12.1 Å². The van der Waals surface area contributed by atoms with Crippen molar-refractivity contribution >= 4 is 40.6 Å². The summed E-state index contributed by atoms with van der Waals surface area (Å²) < 4.78 is 0. The van der Waals surface area contributed by atoms with Gasteiger partial charge in [0.25, 0.3) is 0 Å². The van der Waals surface area contributed by atoms with Crippen LogP contribution in [0.25, 0.3) is 0 Å². The molecule has 17 heavy (non-hydrogen) atoms. The SMILES string of the molecule is N#CN(CC(=N)N)Cc1cc(Cl)cc(Cl)c1Cl. The fourth-order valence-electron chi connectivity index (χ4n) is 1.26. The van der Waals surface area contributed by atoms with Crippen LogP contribution in [-0.2, 0) is 6.54 Å². The largest absolute Gasteiger partial charge is 0.386 e. The molecule has 0 saturated heterocycles. The Morgan fingerprint density at radius 1 is 1.41 bits per heavy atom. The Bertz CT molecular complexity index is 481. The molecule has 0 aromatic heterocycles. The van der Waals surface area contributed by atoms with Crippen LogP contribution in [-0.4, -0.2) is 17.3 Å². The highest BCUT2D eigenvalue weighted by Gasteiger charge is 2.11. The second-order valence-electron chi connectivity index (χ2n) is 3.34. The molecule has 0 aliphatic rings. The van der Waals surface area contributed by atoms with Crippen molar-refractivity contribution in [1.29, 1.82) is 10.7 Å². The number of nitrogens with one attached hydrogen (secondary N) is 1. The van der Waals surface area contributed by atoms with Crippen LogP contribution >= 0.6 is 34.8 Å². The van der Waals surface area contributed by atoms with Gasteiger partial charge < -0.3 is 5.73 Å². The summed E-state index contributed by atoms with van der Waals surface area (Å²) in [5.74, 6) is -0.101. The Labute approximate surface area is 114 Å². The van der Waals surface area contributed by atoms with E-state index in [1.807, 2.05) is 6.19 Å². The van der Waals surface area contributed by atoms with E-state index in [9.17, 15) is 0 Å². The van der Waals surface area contributed by atoms with Gasteiger partial charge in [-0.15, -0.1) is 0 Å². The minimum Gasteiger partial charge on any atom is -0.386 e. The highest BCUT2D eigenvalue weighted by molar-refractivity contribution is 6.43. The third-order valence-electron chi connectivity index (χ3n) is 1.93. The minimum absolute atomic E-state index is 0.0387. The number of hydrogen-bond acceptors (Lipinski definition) is 3. The molecule has 0 unspecified atom stereocenters. The van der Waals surface area contributed by atoms with Gasteiger partial charge in [0.2, 0.25) is 0 Å². The third-order valence-corrected chi connectivity index (χ3v) is 2.99.